The zero-order chi connectivity index (χ0) is 8.43. The summed E-state index contributed by atoms with van der Waals surface area (Å²) in [5, 5.41) is 9.22. The van der Waals surface area contributed by atoms with E-state index in [0.717, 1.165) is 5.56 Å². The minimum absolute atomic E-state index is 0.0292. The van der Waals surface area contributed by atoms with Gasteiger partial charge in [0, 0.05) is 4.47 Å². The lowest BCUT2D eigenvalue weighted by atomic mass is 10.2. The van der Waals surface area contributed by atoms with Crippen LogP contribution in [0.1, 0.15) is 5.56 Å². The highest BCUT2D eigenvalue weighted by Gasteiger charge is 2.02. The fourth-order valence-corrected chi connectivity index (χ4v) is 1.59. The predicted molar refractivity (Wildman–Crippen MR) is 49.5 cm³/mol. The summed E-state index contributed by atoms with van der Waals surface area (Å²) in [5.74, 6) is 0. The van der Waals surface area contributed by atoms with Crippen molar-refractivity contribution in [2.24, 2.45) is 0 Å². The summed E-state index contributed by atoms with van der Waals surface area (Å²) in [7, 11) is 0. The lowest BCUT2D eigenvalue weighted by molar-refractivity contribution is 0.282. The third-order valence-electron chi connectivity index (χ3n) is 1.32. The molecule has 0 bridgehead atoms. The summed E-state index contributed by atoms with van der Waals surface area (Å²) >= 11 is 8.95. The number of nitrogen functional groups attached to an aromatic ring is 1. The standard InChI is InChI=1S/C7H7BrClNO/c8-5-1-4(3-11)2-6(9)7(5)10/h1-2,11H,3,10H2. The molecule has 2 nitrogen and oxygen atoms in total. The second kappa shape index (κ2) is 3.43. The molecule has 0 aliphatic heterocycles. The van der Waals surface area contributed by atoms with Crippen LogP contribution in [0.4, 0.5) is 5.69 Å². The zero-order valence-electron chi connectivity index (χ0n) is 5.64. The van der Waals surface area contributed by atoms with Gasteiger partial charge in [0.15, 0.2) is 0 Å². The van der Waals surface area contributed by atoms with E-state index < -0.39 is 0 Å². The highest BCUT2D eigenvalue weighted by atomic mass is 79.9. The first-order valence-corrected chi connectivity index (χ1v) is 4.16. The molecule has 0 aliphatic carbocycles. The van der Waals surface area contributed by atoms with Crippen LogP contribution >= 0.6 is 27.5 Å². The van der Waals surface area contributed by atoms with Crippen LogP contribution in [0, 0.1) is 0 Å². The van der Waals surface area contributed by atoms with Crippen LogP contribution in [0.15, 0.2) is 16.6 Å². The molecule has 0 saturated heterocycles. The Morgan fingerprint density at radius 1 is 1.55 bits per heavy atom. The van der Waals surface area contributed by atoms with Gasteiger partial charge in [-0.2, -0.15) is 0 Å². The zero-order valence-corrected chi connectivity index (χ0v) is 7.98. The normalized spacial score (nSPS) is 10.1. The first kappa shape index (κ1) is 8.84. The molecule has 0 spiro atoms. The van der Waals surface area contributed by atoms with E-state index in [-0.39, 0.29) is 6.61 Å². The van der Waals surface area contributed by atoms with Crippen LogP contribution in [0.5, 0.6) is 0 Å². The minimum atomic E-state index is -0.0292. The van der Waals surface area contributed by atoms with Crippen molar-refractivity contribution in [1.29, 1.82) is 0 Å². The third-order valence-corrected chi connectivity index (χ3v) is 2.29. The van der Waals surface area contributed by atoms with Gasteiger partial charge in [0.25, 0.3) is 0 Å². The molecule has 0 aliphatic rings. The molecule has 0 amide bonds. The van der Waals surface area contributed by atoms with E-state index in [2.05, 4.69) is 15.9 Å². The van der Waals surface area contributed by atoms with Gasteiger partial charge >= 0.3 is 0 Å². The number of hydrogen-bond acceptors (Lipinski definition) is 2. The van der Waals surface area contributed by atoms with E-state index in [1.54, 1.807) is 12.1 Å². The minimum Gasteiger partial charge on any atom is -0.397 e. The van der Waals surface area contributed by atoms with Crippen molar-refractivity contribution >= 4 is 33.2 Å². The quantitative estimate of drug-likeness (QED) is 0.734. The summed E-state index contributed by atoms with van der Waals surface area (Å²) in [4.78, 5) is 0. The van der Waals surface area contributed by atoms with Gasteiger partial charge in [-0.25, -0.2) is 0 Å². The number of aliphatic hydroxyl groups is 1. The van der Waals surface area contributed by atoms with Crippen LogP contribution in [-0.4, -0.2) is 5.11 Å². The second-order valence-corrected chi connectivity index (χ2v) is 3.39. The Morgan fingerprint density at radius 2 is 2.18 bits per heavy atom. The predicted octanol–water partition coefficient (Wildman–Crippen LogP) is 2.18. The van der Waals surface area contributed by atoms with Crippen molar-refractivity contribution in [2.75, 3.05) is 5.73 Å². The van der Waals surface area contributed by atoms with Crippen molar-refractivity contribution in [2.45, 2.75) is 6.61 Å². The number of anilines is 1. The van der Waals surface area contributed by atoms with Crippen molar-refractivity contribution < 1.29 is 5.11 Å². The number of nitrogens with two attached hydrogens (primary N) is 1. The highest BCUT2D eigenvalue weighted by molar-refractivity contribution is 9.10. The smallest absolute Gasteiger partial charge is 0.0682 e. The Balaban J connectivity index is 3.21. The molecule has 0 radical (unpaired) electrons. The van der Waals surface area contributed by atoms with Crippen LogP contribution in [0.25, 0.3) is 0 Å². The first-order chi connectivity index (χ1) is 5.15. The molecule has 0 saturated carbocycles. The van der Waals surface area contributed by atoms with E-state index in [0.29, 0.717) is 15.2 Å². The molecule has 0 atom stereocenters. The van der Waals surface area contributed by atoms with E-state index in [1.165, 1.54) is 0 Å². The Morgan fingerprint density at radius 3 is 2.64 bits per heavy atom. The average Bonchev–Trinajstić information content (AvgIpc) is 1.99. The maximum Gasteiger partial charge on any atom is 0.0682 e. The summed E-state index contributed by atoms with van der Waals surface area (Å²) in [5.41, 5.74) is 6.79. The Hall–Kier alpha value is -0.250. The SMILES string of the molecule is Nc1c(Cl)cc(CO)cc1Br. The van der Waals surface area contributed by atoms with E-state index in [4.69, 9.17) is 22.4 Å². The molecule has 3 N–H and O–H groups in total. The van der Waals surface area contributed by atoms with Crippen LogP contribution < -0.4 is 5.73 Å². The van der Waals surface area contributed by atoms with E-state index >= 15 is 0 Å². The van der Waals surface area contributed by atoms with Gasteiger partial charge in [0.2, 0.25) is 0 Å². The Labute approximate surface area is 78.1 Å². The summed E-state index contributed by atoms with van der Waals surface area (Å²) in [6, 6.07) is 3.38. The van der Waals surface area contributed by atoms with Gasteiger partial charge in [-0.3, -0.25) is 0 Å². The number of rotatable bonds is 1. The topological polar surface area (TPSA) is 46.2 Å². The largest absolute Gasteiger partial charge is 0.397 e. The Bertz CT molecular complexity index is 254. The van der Waals surface area contributed by atoms with E-state index in [1.807, 2.05) is 0 Å². The van der Waals surface area contributed by atoms with Gasteiger partial charge in [0.1, 0.15) is 0 Å². The van der Waals surface area contributed by atoms with Gasteiger partial charge in [-0.05, 0) is 33.6 Å². The summed E-state index contributed by atoms with van der Waals surface area (Å²) < 4.78 is 0.717. The van der Waals surface area contributed by atoms with Crippen LogP contribution in [0.2, 0.25) is 5.02 Å². The molecule has 11 heavy (non-hydrogen) atoms. The molecular formula is C7H7BrClNO. The number of aliphatic hydroxyl groups excluding tert-OH is 1. The molecule has 4 heteroatoms. The van der Waals surface area contributed by atoms with Gasteiger partial charge in [-0.1, -0.05) is 11.6 Å². The molecule has 0 fully saturated rings. The fraction of sp³-hybridized carbons (Fsp3) is 0.143. The van der Waals surface area contributed by atoms with E-state index in [9.17, 15) is 0 Å². The maximum absolute atomic E-state index is 8.76. The van der Waals surface area contributed by atoms with Crippen molar-refractivity contribution in [1.82, 2.24) is 0 Å². The van der Waals surface area contributed by atoms with Crippen LogP contribution in [-0.2, 0) is 6.61 Å². The second-order valence-electron chi connectivity index (χ2n) is 2.13. The van der Waals surface area contributed by atoms with Crippen molar-refractivity contribution in [3.05, 3.63) is 27.2 Å². The number of benzene rings is 1. The van der Waals surface area contributed by atoms with Gasteiger partial charge in [-0.15, -0.1) is 0 Å². The first-order valence-electron chi connectivity index (χ1n) is 2.99. The Kier molecular flexibility index (Phi) is 2.76. The summed E-state index contributed by atoms with van der Waals surface area (Å²) in [6.07, 6.45) is 0. The number of halogens is 2. The highest BCUT2D eigenvalue weighted by Crippen LogP contribution is 2.28. The van der Waals surface area contributed by atoms with Gasteiger partial charge < -0.3 is 10.8 Å². The number of hydrogen-bond donors (Lipinski definition) is 2. The average molecular weight is 236 g/mol. The monoisotopic (exact) mass is 235 g/mol. The molecule has 1 aromatic rings. The van der Waals surface area contributed by atoms with Crippen molar-refractivity contribution in [3.63, 3.8) is 0 Å². The molecule has 60 valence electrons. The molecule has 0 unspecified atom stereocenters. The summed E-state index contributed by atoms with van der Waals surface area (Å²) in [6.45, 7) is -0.0292. The maximum atomic E-state index is 8.76. The lowest BCUT2D eigenvalue weighted by Crippen LogP contribution is -1.91. The van der Waals surface area contributed by atoms with Crippen molar-refractivity contribution in [3.8, 4) is 0 Å². The van der Waals surface area contributed by atoms with Crippen LogP contribution in [0.3, 0.4) is 0 Å². The molecular weight excluding hydrogens is 229 g/mol. The molecule has 0 heterocycles. The molecule has 1 rings (SSSR count). The third kappa shape index (κ3) is 1.86. The lowest BCUT2D eigenvalue weighted by Gasteiger charge is -2.03. The molecule has 1 aromatic carbocycles. The van der Waals surface area contributed by atoms with Gasteiger partial charge in [0.05, 0.1) is 17.3 Å². The fourth-order valence-electron chi connectivity index (χ4n) is 0.728. The molecule has 0 aromatic heterocycles.